The molecule has 1 aromatic carbocycles. The molecule has 0 saturated carbocycles. The molecule has 0 spiro atoms. The summed E-state index contributed by atoms with van der Waals surface area (Å²) in [5.74, 6) is -0.233. The lowest BCUT2D eigenvalue weighted by molar-refractivity contribution is -0.117. The van der Waals surface area contributed by atoms with Gasteiger partial charge in [-0.05, 0) is 41.1 Å². The first-order valence-electron chi connectivity index (χ1n) is 4.02. The number of amides is 1. The molecule has 0 aliphatic carbocycles. The summed E-state index contributed by atoms with van der Waals surface area (Å²) in [6, 6.07) is 4.64. The summed E-state index contributed by atoms with van der Waals surface area (Å²) in [6.07, 6.45) is 0. The number of anilines is 1. The van der Waals surface area contributed by atoms with Gasteiger partial charge in [-0.3, -0.25) is 4.79 Å². The average molecular weight is 278 g/mol. The molecule has 0 radical (unpaired) electrons. The molecule has 0 saturated heterocycles. The van der Waals surface area contributed by atoms with Crippen molar-refractivity contribution >= 4 is 39.1 Å². The SMILES string of the molecule is C[C@H](N)C(=O)Nc1ccc(Br)c(Cl)c1. The lowest BCUT2D eigenvalue weighted by Crippen LogP contribution is -2.32. The molecule has 14 heavy (non-hydrogen) atoms. The Kier molecular flexibility index (Phi) is 3.92. The van der Waals surface area contributed by atoms with Gasteiger partial charge in [-0.2, -0.15) is 0 Å². The maximum Gasteiger partial charge on any atom is 0.240 e. The average Bonchev–Trinajstić information content (AvgIpc) is 2.11. The molecular weight excluding hydrogens is 267 g/mol. The number of benzene rings is 1. The molecule has 1 rings (SSSR count). The Morgan fingerprint density at radius 3 is 2.79 bits per heavy atom. The first kappa shape index (κ1) is 11.5. The van der Waals surface area contributed by atoms with Crippen molar-refractivity contribution in [3.63, 3.8) is 0 Å². The molecule has 1 amide bonds. The fraction of sp³-hybridized carbons (Fsp3) is 0.222. The molecule has 0 aliphatic rings. The van der Waals surface area contributed by atoms with Crippen LogP contribution in [0.3, 0.4) is 0 Å². The summed E-state index contributed by atoms with van der Waals surface area (Å²) in [4.78, 5) is 11.2. The second kappa shape index (κ2) is 4.77. The van der Waals surface area contributed by atoms with E-state index >= 15 is 0 Å². The van der Waals surface area contributed by atoms with Crippen LogP contribution in [0.25, 0.3) is 0 Å². The zero-order chi connectivity index (χ0) is 10.7. The second-order valence-electron chi connectivity index (χ2n) is 2.91. The third-order valence-corrected chi connectivity index (χ3v) is 2.83. The highest BCUT2D eigenvalue weighted by Gasteiger charge is 2.07. The first-order valence-corrected chi connectivity index (χ1v) is 5.19. The predicted octanol–water partition coefficient (Wildman–Crippen LogP) is 2.39. The zero-order valence-corrected chi connectivity index (χ0v) is 9.89. The molecule has 1 aromatic rings. The van der Waals surface area contributed by atoms with Gasteiger partial charge in [-0.25, -0.2) is 0 Å². The maximum atomic E-state index is 11.2. The topological polar surface area (TPSA) is 55.1 Å². The van der Waals surface area contributed by atoms with E-state index in [4.69, 9.17) is 17.3 Å². The largest absolute Gasteiger partial charge is 0.325 e. The number of nitrogens with two attached hydrogens (primary N) is 1. The Morgan fingerprint density at radius 2 is 2.29 bits per heavy atom. The molecule has 3 nitrogen and oxygen atoms in total. The highest BCUT2D eigenvalue weighted by atomic mass is 79.9. The van der Waals surface area contributed by atoms with Crippen LogP contribution in [0.4, 0.5) is 5.69 Å². The van der Waals surface area contributed by atoms with E-state index in [2.05, 4.69) is 21.2 Å². The van der Waals surface area contributed by atoms with Gasteiger partial charge in [0.2, 0.25) is 5.91 Å². The van der Waals surface area contributed by atoms with Crippen LogP contribution in [0.2, 0.25) is 5.02 Å². The summed E-state index contributed by atoms with van der Waals surface area (Å²) >= 11 is 9.10. The number of nitrogens with one attached hydrogen (secondary N) is 1. The third-order valence-electron chi connectivity index (χ3n) is 1.60. The summed E-state index contributed by atoms with van der Waals surface area (Å²) in [6.45, 7) is 1.62. The van der Waals surface area contributed by atoms with Gasteiger partial charge in [0.25, 0.3) is 0 Å². The standard InChI is InChI=1S/C9H10BrClN2O/c1-5(12)9(14)13-6-2-3-7(10)8(11)4-6/h2-5H,12H2,1H3,(H,13,14)/t5-/m0/s1. The molecule has 0 bridgehead atoms. The van der Waals surface area contributed by atoms with E-state index in [0.717, 1.165) is 4.47 Å². The minimum Gasteiger partial charge on any atom is -0.325 e. The van der Waals surface area contributed by atoms with Crippen molar-refractivity contribution in [2.45, 2.75) is 13.0 Å². The van der Waals surface area contributed by atoms with Crippen LogP contribution >= 0.6 is 27.5 Å². The zero-order valence-electron chi connectivity index (χ0n) is 7.55. The van der Waals surface area contributed by atoms with Gasteiger partial charge >= 0.3 is 0 Å². The fourth-order valence-electron chi connectivity index (χ4n) is 0.830. The minimum absolute atomic E-state index is 0.233. The van der Waals surface area contributed by atoms with Gasteiger partial charge in [-0.15, -0.1) is 0 Å². The smallest absolute Gasteiger partial charge is 0.240 e. The molecular formula is C9H10BrClN2O. The number of rotatable bonds is 2. The van der Waals surface area contributed by atoms with Gasteiger partial charge in [0.1, 0.15) is 0 Å². The number of halogens is 2. The molecule has 0 aliphatic heterocycles. The van der Waals surface area contributed by atoms with Crippen molar-refractivity contribution in [3.05, 3.63) is 27.7 Å². The summed E-state index contributed by atoms with van der Waals surface area (Å²) in [7, 11) is 0. The van der Waals surface area contributed by atoms with E-state index in [-0.39, 0.29) is 5.91 Å². The van der Waals surface area contributed by atoms with Crippen molar-refractivity contribution in [1.82, 2.24) is 0 Å². The second-order valence-corrected chi connectivity index (χ2v) is 4.17. The number of hydrogen-bond donors (Lipinski definition) is 2. The highest BCUT2D eigenvalue weighted by molar-refractivity contribution is 9.10. The normalized spacial score (nSPS) is 12.3. The monoisotopic (exact) mass is 276 g/mol. The van der Waals surface area contributed by atoms with E-state index in [1.807, 2.05) is 0 Å². The van der Waals surface area contributed by atoms with Crippen molar-refractivity contribution in [2.24, 2.45) is 5.73 Å². The Hall–Kier alpha value is -0.580. The van der Waals surface area contributed by atoms with Crippen LogP contribution < -0.4 is 11.1 Å². The van der Waals surface area contributed by atoms with Crippen molar-refractivity contribution < 1.29 is 4.79 Å². The Balaban J connectivity index is 2.78. The summed E-state index contributed by atoms with van der Waals surface area (Å²) in [5.41, 5.74) is 6.04. The molecule has 5 heteroatoms. The molecule has 0 heterocycles. The van der Waals surface area contributed by atoms with E-state index in [9.17, 15) is 4.79 Å². The van der Waals surface area contributed by atoms with E-state index in [1.165, 1.54) is 0 Å². The van der Waals surface area contributed by atoms with Crippen LogP contribution in [0.1, 0.15) is 6.92 Å². The number of hydrogen-bond acceptors (Lipinski definition) is 2. The molecule has 0 fully saturated rings. The number of carbonyl (C=O) groups excluding carboxylic acids is 1. The molecule has 76 valence electrons. The Bertz CT molecular complexity index is 355. The van der Waals surface area contributed by atoms with Gasteiger partial charge in [0.15, 0.2) is 0 Å². The Morgan fingerprint density at radius 1 is 1.64 bits per heavy atom. The third kappa shape index (κ3) is 2.97. The van der Waals surface area contributed by atoms with E-state index < -0.39 is 6.04 Å². The van der Waals surface area contributed by atoms with Crippen LogP contribution in [0.15, 0.2) is 22.7 Å². The van der Waals surface area contributed by atoms with E-state index in [1.54, 1.807) is 25.1 Å². The predicted molar refractivity (Wildman–Crippen MR) is 61.4 cm³/mol. The minimum atomic E-state index is -0.530. The van der Waals surface area contributed by atoms with Crippen molar-refractivity contribution in [1.29, 1.82) is 0 Å². The van der Waals surface area contributed by atoms with Crippen LogP contribution in [-0.2, 0) is 4.79 Å². The van der Waals surface area contributed by atoms with Gasteiger partial charge < -0.3 is 11.1 Å². The molecule has 1 atom stereocenters. The first-order chi connectivity index (χ1) is 6.50. The van der Waals surface area contributed by atoms with Gasteiger partial charge in [0.05, 0.1) is 11.1 Å². The van der Waals surface area contributed by atoms with Crippen LogP contribution in [-0.4, -0.2) is 11.9 Å². The van der Waals surface area contributed by atoms with Crippen LogP contribution in [0.5, 0.6) is 0 Å². The van der Waals surface area contributed by atoms with E-state index in [0.29, 0.717) is 10.7 Å². The van der Waals surface area contributed by atoms with Crippen molar-refractivity contribution in [3.8, 4) is 0 Å². The molecule has 0 unspecified atom stereocenters. The molecule has 0 aromatic heterocycles. The van der Waals surface area contributed by atoms with Gasteiger partial charge in [0, 0.05) is 10.2 Å². The lowest BCUT2D eigenvalue weighted by Gasteiger charge is -2.08. The summed E-state index contributed by atoms with van der Waals surface area (Å²) in [5, 5.41) is 3.19. The molecule has 3 N–H and O–H groups in total. The van der Waals surface area contributed by atoms with Gasteiger partial charge in [-0.1, -0.05) is 11.6 Å². The summed E-state index contributed by atoms with van der Waals surface area (Å²) < 4.78 is 0.790. The quantitative estimate of drug-likeness (QED) is 0.872. The Labute approximate surface area is 95.7 Å². The highest BCUT2D eigenvalue weighted by Crippen LogP contribution is 2.25. The maximum absolute atomic E-state index is 11.2. The lowest BCUT2D eigenvalue weighted by atomic mass is 10.3. The number of carbonyl (C=O) groups is 1. The fourth-order valence-corrected chi connectivity index (χ4v) is 1.26. The van der Waals surface area contributed by atoms with Crippen molar-refractivity contribution in [2.75, 3.05) is 5.32 Å². The van der Waals surface area contributed by atoms with Crippen LogP contribution in [0, 0.1) is 0 Å².